The molecule has 0 aliphatic carbocycles. The first-order chi connectivity index (χ1) is 6.40. The molecule has 1 atom stereocenters. The molecule has 1 nitrogen and oxygen atoms in total. The van der Waals surface area contributed by atoms with E-state index in [2.05, 4.69) is 36.2 Å². The van der Waals surface area contributed by atoms with Crippen LogP contribution in [0.1, 0.15) is 18.4 Å². The number of benzene rings is 1. The lowest BCUT2D eigenvalue weighted by atomic mass is 10.1. The number of para-hydroxylation sites is 1. The molecule has 2 rings (SSSR count). The monoisotopic (exact) mass is 173 g/mol. The highest BCUT2D eigenvalue weighted by Crippen LogP contribution is 2.23. The minimum Gasteiger partial charge on any atom is -0.379 e. The minimum absolute atomic E-state index is 0.448. The second kappa shape index (κ2) is 3.65. The zero-order valence-electron chi connectivity index (χ0n) is 7.79. The molecule has 1 aromatic rings. The molecule has 0 aromatic heterocycles. The molecule has 68 valence electrons. The predicted octanol–water partition coefficient (Wildman–Crippen LogP) is 2.99. The van der Waals surface area contributed by atoms with Crippen LogP contribution in [-0.2, 0) is 6.42 Å². The van der Waals surface area contributed by atoms with Gasteiger partial charge in [-0.2, -0.15) is 0 Å². The minimum atomic E-state index is 0.448. The second-order valence-corrected chi connectivity index (χ2v) is 3.54. The molecule has 1 heterocycles. The van der Waals surface area contributed by atoms with Gasteiger partial charge in [-0.25, -0.2) is 0 Å². The molecule has 1 N–H and O–H groups in total. The summed E-state index contributed by atoms with van der Waals surface area (Å²) in [5, 5.41) is 3.49. The standard InChI is InChI=1S/C12H15N/c1-2-11-8-5-7-10-6-3-4-9-12(10)13-11/h2-4,6,9,11,13H,1,5,7-8H2/t11-/m0/s1. The predicted molar refractivity (Wildman–Crippen MR) is 57.0 cm³/mol. The molecule has 1 heteroatoms. The van der Waals surface area contributed by atoms with Crippen molar-refractivity contribution in [2.75, 3.05) is 5.32 Å². The van der Waals surface area contributed by atoms with Crippen LogP contribution in [0.4, 0.5) is 5.69 Å². The van der Waals surface area contributed by atoms with Gasteiger partial charge in [-0.1, -0.05) is 24.3 Å². The Balaban J connectivity index is 2.28. The molecule has 0 unspecified atom stereocenters. The summed E-state index contributed by atoms with van der Waals surface area (Å²) in [6.07, 6.45) is 5.63. The Morgan fingerprint density at radius 1 is 1.38 bits per heavy atom. The van der Waals surface area contributed by atoms with Crippen LogP contribution in [0.15, 0.2) is 36.9 Å². The van der Waals surface area contributed by atoms with Gasteiger partial charge in [0.05, 0.1) is 0 Å². The number of aryl methyl sites for hydroxylation is 1. The Morgan fingerprint density at radius 3 is 3.08 bits per heavy atom. The van der Waals surface area contributed by atoms with Gasteiger partial charge in [-0.15, -0.1) is 6.58 Å². The number of fused-ring (bicyclic) bond motifs is 1. The molecular formula is C12H15N. The molecule has 13 heavy (non-hydrogen) atoms. The Bertz CT molecular complexity index is 304. The molecule has 1 aliphatic heterocycles. The highest BCUT2D eigenvalue weighted by Gasteiger charge is 2.11. The molecule has 0 fully saturated rings. The zero-order valence-corrected chi connectivity index (χ0v) is 7.79. The van der Waals surface area contributed by atoms with Crippen molar-refractivity contribution in [1.82, 2.24) is 0 Å². The van der Waals surface area contributed by atoms with Crippen molar-refractivity contribution in [2.45, 2.75) is 25.3 Å². The summed E-state index contributed by atoms with van der Waals surface area (Å²) in [5.41, 5.74) is 2.72. The largest absolute Gasteiger partial charge is 0.379 e. The van der Waals surface area contributed by atoms with Crippen LogP contribution < -0.4 is 5.32 Å². The summed E-state index contributed by atoms with van der Waals surface area (Å²) >= 11 is 0. The first-order valence-corrected chi connectivity index (χ1v) is 4.87. The maximum Gasteiger partial charge on any atom is 0.0442 e. The molecule has 0 spiro atoms. The third-order valence-corrected chi connectivity index (χ3v) is 2.60. The van der Waals surface area contributed by atoms with E-state index < -0.39 is 0 Å². The highest BCUT2D eigenvalue weighted by atomic mass is 14.9. The third kappa shape index (κ3) is 1.74. The average molecular weight is 173 g/mol. The zero-order chi connectivity index (χ0) is 9.10. The Hall–Kier alpha value is -1.24. The van der Waals surface area contributed by atoms with E-state index in [-0.39, 0.29) is 0 Å². The van der Waals surface area contributed by atoms with Gasteiger partial charge in [0.2, 0.25) is 0 Å². The van der Waals surface area contributed by atoms with Gasteiger partial charge in [-0.05, 0) is 30.9 Å². The van der Waals surface area contributed by atoms with Crippen molar-refractivity contribution in [3.8, 4) is 0 Å². The van der Waals surface area contributed by atoms with E-state index >= 15 is 0 Å². The number of hydrogen-bond donors (Lipinski definition) is 1. The number of anilines is 1. The smallest absolute Gasteiger partial charge is 0.0442 e. The third-order valence-electron chi connectivity index (χ3n) is 2.60. The fourth-order valence-corrected chi connectivity index (χ4v) is 1.84. The molecule has 0 radical (unpaired) electrons. The lowest BCUT2D eigenvalue weighted by Gasteiger charge is -2.13. The van der Waals surface area contributed by atoms with Gasteiger partial charge in [0, 0.05) is 11.7 Å². The summed E-state index contributed by atoms with van der Waals surface area (Å²) in [5.74, 6) is 0. The van der Waals surface area contributed by atoms with Crippen molar-refractivity contribution >= 4 is 5.69 Å². The van der Waals surface area contributed by atoms with E-state index in [1.54, 1.807) is 0 Å². The van der Waals surface area contributed by atoms with Crippen LogP contribution in [-0.4, -0.2) is 6.04 Å². The van der Waals surface area contributed by atoms with Crippen molar-refractivity contribution in [2.24, 2.45) is 0 Å². The van der Waals surface area contributed by atoms with E-state index in [0.717, 1.165) is 0 Å². The fraction of sp³-hybridized carbons (Fsp3) is 0.333. The van der Waals surface area contributed by atoms with E-state index in [9.17, 15) is 0 Å². The number of nitrogens with one attached hydrogen (secondary N) is 1. The fourth-order valence-electron chi connectivity index (χ4n) is 1.84. The summed E-state index contributed by atoms with van der Waals surface area (Å²) in [6.45, 7) is 3.84. The topological polar surface area (TPSA) is 12.0 Å². The van der Waals surface area contributed by atoms with E-state index in [1.165, 1.54) is 30.5 Å². The lowest BCUT2D eigenvalue weighted by Crippen LogP contribution is -2.14. The normalized spacial score (nSPS) is 21.1. The van der Waals surface area contributed by atoms with Crippen LogP contribution >= 0.6 is 0 Å². The second-order valence-electron chi connectivity index (χ2n) is 3.54. The van der Waals surface area contributed by atoms with Gasteiger partial charge in [0.1, 0.15) is 0 Å². The van der Waals surface area contributed by atoms with Gasteiger partial charge < -0.3 is 5.32 Å². The molecule has 0 saturated carbocycles. The van der Waals surface area contributed by atoms with Crippen LogP contribution in [0, 0.1) is 0 Å². The van der Waals surface area contributed by atoms with Crippen LogP contribution in [0.3, 0.4) is 0 Å². The van der Waals surface area contributed by atoms with Gasteiger partial charge >= 0.3 is 0 Å². The van der Waals surface area contributed by atoms with Crippen LogP contribution in [0.5, 0.6) is 0 Å². The van der Waals surface area contributed by atoms with Crippen LogP contribution in [0.2, 0.25) is 0 Å². The molecule has 1 aliphatic rings. The quantitative estimate of drug-likeness (QED) is 0.644. The molecular weight excluding hydrogens is 158 g/mol. The molecule has 0 bridgehead atoms. The SMILES string of the molecule is C=C[C@H]1CCCc2ccccc2N1. The van der Waals surface area contributed by atoms with E-state index in [1.807, 2.05) is 6.08 Å². The Labute approximate surface area is 79.5 Å². The van der Waals surface area contributed by atoms with Crippen LogP contribution in [0.25, 0.3) is 0 Å². The summed E-state index contributed by atoms with van der Waals surface area (Å²) < 4.78 is 0. The first-order valence-electron chi connectivity index (χ1n) is 4.87. The van der Waals surface area contributed by atoms with Crippen molar-refractivity contribution in [1.29, 1.82) is 0 Å². The Kier molecular flexibility index (Phi) is 2.35. The Morgan fingerprint density at radius 2 is 2.23 bits per heavy atom. The van der Waals surface area contributed by atoms with Gasteiger partial charge in [0.25, 0.3) is 0 Å². The summed E-state index contributed by atoms with van der Waals surface area (Å²) in [4.78, 5) is 0. The average Bonchev–Trinajstić information content (AvgIpc) is 2.38. The lowest BCUT2D eigenvalue weighted by molar-refractivity contribution is 0.716. The molecule has 1 aromatic carbocycles. The first kappa shape index (κ1) is 8.36. The number of rotatable bonds is 1. The van der Waals surface area contributed by atoms with Crippen molar-refractivity contribution in [3.63, 3.8) is 0 Å². The maximum atomic E-state index is 3.84. The van der Waals surface area contributed by atoms with E-state index in [4.69, 9.17) is 0 Å². The van der Waals surface area contributed by atoms with Crippen molar-refractivity contribution in [3.05, 3.63) is 42.5 Å². The summed E-state index contributed by atoms with van der Waals surface area (Å²) in [7, 11) is 0. The van der Waals surface area contributed by atoms with E-state index in [0.29, 0.717) is 6.04 Å². The summed E-state index contributed by atoms with van der Waals surface area (Å²) in [6, 6.07) is 8.99. The number of hydrogen-bond acceptors (Lipinski definition) is 1. The van der Waals surface area contributed by atoms with Gasteiger partial charge in [0.15, 0.2) is 0 Å². The maximum absolute atomic E-state index is 3.84. The molecule has 0 saturated heterocycles. The van der Waals surface area contributed by atoms with Gasteiger partial charge in [-0.3, -0.25) is 0 Å². The molecule has 0 amide bonds. The highest BCUT2D eigenvalue weighted by molar-refractivity contribution is 5.53. The van der Waals surface area contributed by atoms with Crippen molar-refractivity contribution < 1.29 is 0 Å².